The number of nitrogens with zero attached hydrogens (tertiary/aromatic N) is 1. The molecule has 0 saturated carbocycles. The summed E-state index contributed by atoms with van der Waals surface area (Å²) in [6, 6.07) is 23.7. The zero-order chi connectivity index (χ0) is 27.2. The predicted octanol–water partition coefficient (Wildman–Crippen LogP) is 6.67. The number of Topliss-reactive ketones (excluding diaryl/α,β-unsaturated/α-hetero) is 1. The number of aldehydes is 1. The molecule has 38 heavy (non-hydrogen) atoms. The van der Waals surface area contributed by atoms with Gasteiger partial charge in [-0.3, -0.25) is 9.69 Å². The number of ketones is 1. The molecule has 0 fully saturated rings. The highest BCUT2D eigenvalue weighted by atomic mass is 16.5. The van der Waals surface area contributed by atoms with Crippen molar-refractivity contribution in [3.63, 3.8) is 0 Å². The molecule has 0 aromatic heterocycles. The smallest absolute Gasteiger partial charge is 0.193 e. The first kappa shape index (κ1) is 27.3. The Balaban J connectivity index is 1.64. The van der Waals surface area contributed by atoms with Crippen LogP contribution in [0.25, 0.3) is 11.1 Å². The third kappa shape index (κ3) is 5.89. The third-order valence-electron chi connectivity index (χ3n) is 7.25. The van der Waals surface area contributed by atoms with Crippen molar-refractivity contribution in [3.05, 3.63) is 95.1 Å². The summed E-state index contributed by atoms with van der Waals surface area (Å²) in [5.41, 5.74) is 4.72. The van der Waals surface area contributed by atoms with Crippen LogP contribution in [0.3, 0.4) is 0 Å². The van der Waals surface area contributed by atoms with Crippen LogP contribution < -0.4 is 9.47 Å². The fourth-order valence-electron chi connectivity index (χ4n) is 5.31. The zero-order valence-electron chi connectivity index (χ0n) is 22.9. The predicted molar refractivity (Wildman–Crippen MR) is 153 cm³/mol. The molecule has 0 amide bonds. The average molecular weight is 512 g/mol. The second-order valence-electron chi connectivity index (χ2n) is 10.2. The van der Waals surface area contributed by atoms with Gasteiger partial charge >= 0.3 is 0 Å². The molecule has 198 valence electrons. The summed E-state index contributed by atoms with van der Waals surface area (Å²) < 4.78 is 11.3. The third-order valence-corrected chi connectivity index (χ3v) is 7.25. The van der Waals surface area contributed by atoms with E-state index in [1.807, 2.05) is 72.8 Å². The first-order chi connectivity index (χ1) is 18.3. The van der Waals surface area contributed by atoms with Crippen molar-refractivity contribution in [1.82, 2.24) is 4.90 Å². The summed E-state index contributed by atoms with van der Waals surface area (Å²) in [7, 11) is 1.63. The van der Waals surface area contributed by atoms with Gasteiger partial charge in [0, 0.05) is 35.7 Å². The van der Waals surface area contributed by atoms with Crippen molar-refractivity contribution in [2.45, 2.75) is 52.1 Å². The number of methoxy groups -OCH3 is 1. The molecule has 0 N–H and O–H groups in total. The Kier molecular flexibility index (Phi) is 8.80. The molecule has 1 aliphatic carbocycles. The highest BCUT2D eigenvalue weighted by Gasteiger charge is 2.31. The van der Waals surface area contributed by atoms with E-state index in [9.17, 15) is 9.59 Å². The molecule has 0 heterocycles. The van der Waals surface area contributed by atoms with Crippen LogP contribution in [0.5, 0.6) is 11.5 Å². The molecule has 0 saturated heterocycles. The SMILES string of the molecule is COc1ccc(C2=C(C(=O)c3ccc(OCCN(C(C)C)C(C)C)cc3)c3ccccc3C(C=O)C2)cc1. The zero-order valence-corrected chi connectivity index (χ0v) is 22.9. The number of allylic oxidation sites excluding steroid dienone is 2. The standard InChI is InChI=1S/C33H37NO4/c1-22(2)34(23(3)4)18-19-38-28-16-12-25(13-17-28)33(36)32-30-9-7-6-8-29(30)26(21-35)20-31(32)24-10-14-27(37-5)15-11-24/h6-17,21-23,26H,18-20H2,1-5H3. The largest absolute Gasteiger partial charge is 0.497 e. The normalized spacial score (nSPS) is 15.1. The van der Waals surface area contributed by atoms with Gasteiger partial charge < -0.3 is 14.3 Å². The molecule has 0 aliphatic heterocycles. The van der Waals surface area contributed by atoms with E-state index < -0.39 is 0 Å². The summed E-state index contributed by atoms with van der Waals surface area (Å²) >= 11 is 0. The average Bonchev–Trinajstić information content (AvgIpc) is 2.94. The lowest BCUT2D eigenvalue weighted by Crippen LogP contribution is -2.39. The molecule has 0 bridgehead atoms. The van der Waals surface area contributed by atoms with E-state index >= 15 is 0 Å². The van der Waals surface area contributed by atoms with Crippen LogP contribution in [0.15, 0.2) is 72.8 Å². The maximum atomic E-state index is 14.0. The Labute approximate surface area is 226 Å². The lowest BCUT2D eigenvalue weighted by atomic mass is 9.75. The quantitative estimate of drug-likeness (QED) is 0.212. The van der Waals surface area contributed by atoms with Crippen molar-refractivity contribution in [2.24, 2.45) is 0 Å². The number of hydrogen-bond donors (Lipinski definition) is 0. The van der Waals surface area contributed by atoms with E-state index in [2.05, 4.69) is 32.6 Å². The van der Waals surface area contributed by atoms with Gasteiger partial charge in [0.25, 0.3) is 0 Å². The Bertz CT molecular complexity index is 1280. The van der Waals surface area contributed by atoms with E-state index in [4.69, 9.17) is 9.47 Å². The summed E-state index contributed by atoms with van der Waals surface area (Å²) in [5.74, 6) is 1.12. The van der Waals surface area contributed by atoms with E-state index in [0.29, 0.717) is 36.2 Å². The Morgan fingerprint density at radius 1 is 0.921 bits per heavy atom. The van der Waals surface area contributed by atoms with Crippen molar-refractivity contribution in [2.75, 3.05) is 20.3 Å². The fraction of sp³-hybridized carbons (Fsp3) is 0.333. The van der Waals surface area contributed by atoms with Crippen molar-refractivity contribution < 1.29 is 19.1 Å². The Morgan fingerprint density at radius 2 is 1.55 bits per heavy atom. The maximum absolute atomic E-state index is 14.0. The summed E-state index contributed by atoms with van der Waals surface area (Å²) in [6.07, 6.45) is 1.45. The summed E-state index contributed by atoms with van der Waals surface area (Å²) in [5, 5.41) is 0. The molecule has 3 aromatic carbocycles. The Morgan fingerprint density at radius 3 is 2.16 bits per heavy atom. The highest BCUT2D eigenvalue weighted by Crippen LogP contribution is 2.43. The highest BCUT2D eigenvalue weighted by molar-refractivity contribution is 6.35. The second-order valence-corrected chi connectivity index (χ2v) is 10.2. The van der Waals surface area contributed by atoms with Crippen molar-refractivity contribution in [1.29, 1.82) is 0 Å². The first-order valence-electron chi connectivity index (χ1n) is 13.3. The van der Waals surface area contributed by atoms with Crippen LogP contribution in [0, 0.1) is 0 Å². The number of benzene rings is 3. The minimum absolute atomic E-state index is 0.0649. The van der Waals surface area contributed by atoms with Gasteiger partial charge in [-0.1, -0.05) is 36.4 Å². The molecule has 4 rings (SSSR count). The van der Waals surface area contributed by atoms with Crippen LogP contribution in [0.4, 0.5) is 0 Å². The molecular weight excluding hydrogens is 474 g/mol. The summed E-state index contributed by atoms with van der Waals surface area (Å²) in [6.45, 7) is 10.2. The van der Waals surface area contributed by atoms with Gasteiger partial charge in [-0.15, -0.1) is 0 Å². The number of ether oxygens (including phenoxy) is 2. The minimum atomic E-state index is -0.299. The molecule has 5 heteroatoms. The molecule has 1 unspecified atom stereocenters. The van der Waals surface area contributed by atoms with Gasteiger partial charge in [0.1, 0.15) is 24.4 Å². The topological polar surface area (TPSA) is 55.8 Å². The Hall–Kier alpha value is -3.70. The van der Waals surface area contributed by atoms with Gasteiger partial charge in [0.15, 0.2) is 5.78 Å². The van der Waals surface area contributed by atoms with Gasteiger partial charge in [0.05, 0.1) is 7.11 Å². The van der Waals surface area contributed by atoms with Gasteiger partial charge in [0.2, 0.25) is 0 Å². The second kappa shape index (κ2) is 12.2. The number of fused-ring (bicyclic) bond motifs is 1. The fourth-order valence-corrected chi connectivity index (χ4v) is 5.31. The van der Waals surface area contributed by atoms with E-state index in [-0.39, 0.29) is 11.7 Å². The monoisotopic (exact) mass is 511 g/mol. The lowest BCUT2D eigenvalue weighted by Gasteiger charge is -2.30. The molecule has 0 spiro atoms. The van der Waals surface area contributed by atoms with Crippen LogP contribution in [-0.4, -0.2) is 49.3 Å². The van der Waals surface area contributed by atoms with E-state index in [0.717, 1.165) is 46.6 Å². The summed E-state index contributed by atoms with van der Waals surface area (Å²) in [4.78, 5) is 28.4. The van der Waals surface area contributed by atoms with Gasteiger partial charge in [-0.25, -0.2) is 0 Å². The molecule has 1 atom stereocenters. The maximum Gasteiger partial charge on any atom is 0.193 e. The number of hydrogen-bond acceptors (Lipinski definition) is 5. The number of carbonyl (C=O) groups is 2. The van der Waals surface area contributed by atoms with Crippen LogP contribution >= 0.6 is 0 Å². The molecule has 1 aliphatic rings. The minimum Gasteiger partial charge on any atom is -0.497 e. The van der Waals surface area contributed by atoms with Crippen molar-refractivity contribution >= 4 is 23.2 Å². The molecule has 3 aromatic rings. The van der Waals surface area contributed by atoms with Crippen LogP contribution in [-0.2, 0) is 4.79 Å². The van der Waals surface area contributed by atoms with Crippen LogP contribution in [0.1, 0.15) is 67.1 Å². The molecule has 0 radical (unpaired) electrons. The van der Waals surface area contributed by atoms with Crippen LogP contribution in [0.2, 0.25) is 0 Å². The number of carbonyl (C=O) groups excluding carboxylic acids is 2. The van der Waals surface area contributed by atoms with Gasteiger partial charge in [-0.05, 0) is 92.8 Å². The number of rotatable bonds is 11. The van der Waals surface area contributed by atoms with Crippen molar-refractivity contribution in [3.8, 4) is 11.5 Å². The van der Waals surface area contributed by atoms with Gasteiger partial charge in [-0.2, -0.15) is 0 Å². The first-order valence-corrected chi connectivity index (χ1v) is 13.3. The molecule has 5 nitrogen and oxygen atoms in total. The molecular formula is C33H37NO4. The van der Waals surface area contributed by atoms with E-state index in [1.54, 1.807) is 7.11 Å². The van der Waals surface area contributed by atoms with E-state index in [1.165, 1.54) is 0 Å². The lowest BCUT2D eigenvalue weighted by molar-refractivity contribution is -0.109.